The van der Waals surface area contributed by atoms with E-state index in [0.29, 0.717) is 24.1 Å². The number of likely N-dealkylation sites (tertiary alicyclic amines) is 1. The molecule has 142 valence electrons. The zero-order valence-corrected chi connectivity index (χ0v) is 15.2. The molecule has 1 aliphatic heterocycles. The maximum absolute atomic E-state index is 13.1. The number of carbonyl (C=O) groups excluding carboxylic acids is 2. The fourth-order valence-corrected chi connectivity index (χ4v) is 3.32. The number of nitrogens with zero attached hydrogens (tertiary/aromatic N) is 1. The minimum atomic E-state index is -1.34. The van der Waals surface area contributed by atoms with Crippen molar-refractivity contribution in [3.05, 3.63) is 71.5 Å². The Labute approximate surface area is 157 Å². The molecule has 2 unspecified atom stereocenters. The first-order valence-corrected chi connectivity index (χ1v) is 9.00. The van der Waals surface area contributed by atoms with Gasteiger partial charge in [-0.25, -0.2) is 4.39 Å². The van der Waals surface area contributed by atoms with Gasteiger partial charge in [0, 0.05) is 12.1 Å². The van der Waals surface area contributed by atoms with Crippen molar-refractivity contribution < 1.29 is 19.1 Å². The third-order valence-electron chi connectivity index (χ3n) is 4.91. The van der Waals surface area contributed by atoms with Crippen LogP contribution in [0.15, 0.2) is 54.6 Å². The number of rotatable bonds is 5. The summed E-state index contributed by atoms with van der Waals surface area (Å²) in [5.74, 6) is -0.850. The maximum atomic E-state index is 13.1. The lowest BCUT2D eigenvalue weighted by Crippen LogP contribution is -2.49. The highest BCUT2D eigenvalue weighted by Crippen LogP contribution is 2.22. The highest BCUT2D eigenvalue weighted by atomic mass is 19.1. The van der Waals surface area contributed by atoms with Gasteiger partial charge in [0.1, 0.15) is 17.5 Å². The first kappa shape index (κ1) is 19.0. The monoisotopic (exact) mass is 370 g/mol. The Morgan fingerprint density at radius 2 is 1.85 bits per heavy atom. The Balaban J connectivity index is 1.64. The van der Waals surface area contributed by atoms with Gasteiger partial charge in [0.05, 0.1) is 6.54 Å². The zero-order chi connectivity index (χ0) is 19.4. The van der Waals surface area contributed by atoms with E-state index in [1.165, 1.54) is 24.3 Å². The van der Waals surface area contributed by atoms with Crippen molar-refractivity contribution in [2.24, 2.45) is 0 Å². The van der Waals surface area contributed by atoms with Crippen molar-refractivity contribution in [1.29, 1.82) is 0 Å². The largest absolute Gasteiger partial charge is 0.384 e. The van der Waals surface area contributed by atoms with Gasteiger partial charge in [-0.2, -0.15) is 0 Å². The topological polar surface area (TPSA) is 69.6 Å². The van der Waals surface area contributed by atoms with Gasteiger partial charge in [-0.3, -0.25) is 9.59 Å². The summed E-state index contributed by atoms with van der Waals surface area (Å²) in [5, 5.41) is 13.3. The van der Waals surface area contributed by atoms with Crippen molar-refractivity contribution in [1.82, 2.24) is 10.2 Å². The van der Waals surface area contributed by atoms with E-state index >= 15 is 0 Å². The Kier molecular flexibility index (Phi) is 5.56. The zero-order valence-electron chi connectivity index (χ0n) is 15.2. The van der Waals surface area contributed by atoms with E-state index in [0.717, 1.165) is 6.42 Å². The Morgan fingerprint density at radius 3 is 2.52 bits per heavy atom. The molecule has 3 rings (SSSR count). The molecule has 0 spiro atoms. The third-order valence-corrected chi connectivity index (χ3v) is 4.91. The first-order valence-electron chi connectivity index (χ1n) is 9.00. The van der Waals surface area contributed by atoms with Gasteiger partial charge >= 0.3 is 0 Å². The normalized spacial score (nSPS) is 18.8. The number of carbonyl (C=O) groups is 2. The molecule has 1 aliphatic rings. The van der Waals surface area contributed by atoms with Crippen LogP contribution >= 0.6 is 0 Å². The van der Waals surface area contributed by atoms with Gasteiger partial charge in [-0.1, -0.05) is 30.3 Å². The number of aliphatic hydroxyl groups is 1. The van der Waals surface area contributed by atoms with Gasteiger partial charge in [-0.15, -0.1) is 0 Å². The van der Waals surface area contributed by atoms with Crippen molar-refractivity contribution in [3.8, 4) is 0 Å². The van der Waals surface area contributed by atoms with Crippen LogP contribution in [0.1, 0.15) is 35.7 Å². The predicted octanol–water partition coefficient (Wildman–Crippen LogP) is 2.45. The maximum Gasteiger partial charge on any atom is 0.254 e. The molecule has 1 heterocycles. The summed E-state index contributed by atoms with van der Waals surface area (Å²) in [6, 6.07) is 13.8. The average Bonchev–Trinajstić information content (AvgIpc) is 3.16. The first-order chi connectivity index (χ1) is 12.9. The number of amides is 2. The molecule has 0 saturated carbocycles. The summed E-state index contributed by atoms with van der Waals surface area (Å²) >= 11 is 0. The minimum Gasteiger partial charge on any atom is -0.384 e. The second-order valence-electron chi connectivity index (χ2n) is 7.02. The molecule has 5 nitrogen and oxygen atoms in total. The van der Waals surface area contributed by atoms with Crippen molar-refractivity contribution >= 4 is 11.8 Å². The van der Waals surface area contributed by atoms with Crippen molar-refractivity contribution in [2.45, 2.75) is 31.4 Å². The van der Waals surface area contributed by atoms with E-state index in [2.05, 4.69) is 5.32 Å². The van der Waals surface area contributed by atoms with Crippen LogP contribution in [0.3, 0.4) is 0 Å². The standard InChI is InChI=1S/C21H23FN2O3/c1-21(27,16-9-11-17(22)12-10-16)14-23-19(25)18-8-5-13-24(18)20(26)15-6-3-2-4-7-15/h2-4,6-7,9-12,18,27H,5,8,13-14H2,1H3,(H,23,25). The summed E-state index contributed by atoms with van der Waals surface area (Å²) in [5.41, 5.74) is -0.278. The van der Waals surface area contributed by atoms with Gasteiger partial charge in [0.2, 0.25) is 5.91 Å². The molecule has 6 heteroatoms. The molecule has 1 saturated heterocycles. The number of hydrogen-bond acceptors (Lipinski definition) is 3. The summed E-state index contributed by atoms with van der Waals surface area (Å²) < 4.78 is 13.1. The summed E-state index contributed by atoms with van der Waals surface area (Å²) in [4.78, 5) is 26.9. The molecule has 0 aromatic heterocycles. The van der Waals surface area contributed by atoms with Crippen LogP contribution in [0.5, 0.6) is 0 Å². The molecule has 0 bridgehead atoms. The van der Waals surface area contributed by atoms with Crippen LogP contribution in [0.2, 0.25) is 0 Å². The molecule has 0 aliphatic carbocycles. The molecule has 2 atom stereocenters. The smallest absolute Gasteiger partial charge is 0.254 e. The quantitative estimate of drug-likeness (QED) is 0.849. The van der Waals surface area contributed by atoms with E-state index in [-0.39, 0.29) is 24.2 Å². The lowest BCUT2D eigenvalue weighted by molar-refractivity contribution is -0.126. The molecular weight excluding hydrogens is 347 g/mol. The molecule has 0 radical (unpaired) electrons. The number of halogens is 1. The van der Waals surface area contributed by atoms with E-state index in [4.69, 9.17) is 0 Å². The highest BCUT2D eigenvalue weighted by molar-refractivity contribution is 5.97. The van der Waals surface area contributed by atoms with Gasteiger partial charge in [0.15, 0.2) is 0 Å². The summed E-state index contributed by atoms with van der Waals surface area (Å²) in [6.07, 6.45) is 1.34. The van der Waals surface area contributed by atoms with Gasteiger partial charge < -0.3 is 15.3 Å². The lowest BCUT2D eigenvalue weighted by Gasteiger charge is -2.28. The van der Waals surface area contributed by atoms with E-state index in [1.54, 1.807) is 36.1 Å². The van der Waals surface area contributed by atoms with Crippen LogP contribution in [0.4, 0.5) is 4.39 Å². The lowest BCUT2D eigenvalue weighted by atomic mass is 9.96. The Hall–Kier alpha value is -2.73. The average molecular weight is 370 g/mol. The van der Waals surface area contributed by atoms with Crippen LogP contribution < -0.4 is 5.32 Å². The SMILES string of the molecule is CC(O)(CNC(=O)C1CCCN1C(=O)c1ccccc1)c1ccc(F)cc1. The molecule has 1 fully saturated rings. The minimum absolute atomic E-state index is 0.0265. The molecular formula is C21H23FN2O3. The highest BCUT2D eigenvalue weighted by Gasteiger charge is 2.35. The van der Waals surface area contributed by atoms with Crippen molar-refractivity contribution in [3.63, 3.8) is 0 Å². The number of nitrogens with one attached hydrogen (secondary N) is 1. The second kappa shape index (κ2) is 7.88. The van der Waals surface area contributed by atoms with Crippen LogP contribution in [-0.2, 0) is 10.4 Å². The van der Waals surface area contributed by atoms with Crippen LogP contribution in [-0.4, -0.2) is 41.0 Å². The van der Waals surface area contributed by atoms with Crippen molar-refractivity contribution in [2.75, 3.05) is 13.1 Å². The molecule has 2 amide bonds. The number of hydrogen-bond donors (Lipinski definition) is 2. The summed E-state index contributed by atoms with van der Waals surface area (Å²) in [7, 11) is 0. The van der Waals surface area contributed by atoms with Crippen LogP contribution in [0.25, 0.3) is 0 Å². The fraction of sp³-hybridized carbons (Fsp3) is 0.333. The van der Waals surface area contributed by atoms with E-state index < -0.39 is 11.6 Å². The fourth-order valence-electron chi connectivity index (χ4n) is 3.32. The van der Waals surface area contributed by atoms with Crippen LogP contribution in [0, 0.1) is 5.82 Å². The predicted molar refractivity (Wildman–Crippen MR) is 99.5 cm³/mol. The molecule has 2 aromatic rings. The van der Waals surface area contributed by atoms with Gasteiger partial charge in [-0.05, 0) is 49.6 Å². The second-order valence-corrected chi connectivity index (χ2v) is 7.02. The summed E-state index contributed by atoms with van der Waals surface area (Å²) in [6.45, 7) is 2.06. The van der Waals surface area contributed by atoms with Gasteiger partial charge in [0.25, 0.3) is 5.91 Å². The van der Waals surface area contributed by atoms with E-state index in [1.807, 2.05) is 6.07 Å². The molecule has 2 aromatic carbocycles. The van der Waals surface area contributed by atoms with E-state index in [9.17, 15) is 19.1 Å². The number of benzene rings is 2. The Morgan fingerprint density at radius 1 is 1.19 bits per heavy atom. The third kappa shape index (κ3) is 4.34. The Bertz CT molecular complexity index is 806. The molecule has 27 heavy (non-hydrogen) atoms. The molecule has 2 N–H and O–H groups in total.